The Morgan fingerprint density at radius 1 is 1.00 bits per heavy atom. The Morgan fingerprint density at radius 3 is 2.42 bits per heavy atom. The number of rotatable bonds is 7. The van der Waals surface area contributed by atoms with Crippen LogP contribution < -0.4 is 16.6 Å². The van der Waals surface area contributed by atoms with E-state index in [0.717, 1.165) is 29.5 Å². The molecule has 5 N–H and O–H groups in total. The second-order valence-corrected chi connectivity index (χ2v) is 7.75. The van der Waals surface area contributed by atoms with E-state index in [1.807, 2.05) is 48.5 Å². The summed E-state index contributed by atoms with van der Waals surface area (Å²) < 4.78 is 0. The fraction of sp³-hybridized carbons (Fsp3) is 0.174. The first kappa shape index (κ1) is 20.7. The maximum absolute atomic E-state index is 12.4. The molecule has 0 saturated heterocycles. The van der Waals surface area contributed by atoms with E-state index in [1.54, 1.807) is 6.20 Å². The molecule has 0 fully saturated rings. The van der Waals surface area contributed by atoms with Crippen LogP contribution in [0.4, 0.5) is 5.95 Å². The molecule has 8 heteroatoms. The lowest BCUT2D eigenvalue weighted by Gasteiger charge is -2.07. The van der Waals surface area contributed by atoms with Crippen LogP contribution in [0.25, 0.3) is 11.0 Å². The number of hydrogen-bond donors (Lipinski definition) is 4. The Bertz CT molecular complexity index is 1260. The fourth-order valence-electron chi connectivity index (χ4n) is 3.49. The summed E-state index contributed by atoms with van der Waals surface area (Å²) >= 11 is 5.88. The van der Waals surface area contributed by atoms with Gasteiger partial charge in [-0.25, -0.2) is 0 Å². The summed E-state index contributed by atoms with van der Waals surface area (Å²) in [4.78, 5) is 34.2. The van der Waals surface area contributed by atoms with Gasteiger partial charge in [0.2, 0.25) is 5.95 Å². The van der Waals surface area contributed by atoms with Crippen LogP contribution >= 0.6 is 11.6 Å². The van der Waals surface area contributed by atoms with Crippen LogP contribution in [0.3, 0.4) is 0 Å². The predicted octanol–water partition coefficient (Wildman–Crippen LogP) is 3.24. The van der Waals surface area contributed by atoms with E-state index in [-0.39, 0.29) is 17.4 Å². The zero-order chi connectivity index (χ0) is 21.8. The number of benzene rings is 2. The molecule has 4 rings (SSSR count). The number of anilines is 1. The smallest absolute Gasteiger partial charge is 0.262 e. The second-order valence-electron chi connectivity index (χ2n) is 7.32. The summed E-state index contributed by atoms with van der Waals surface area (Å²) in [5.41, 5.74) is 9.51. The van der Waals surface area contributed by atoms with E-state index in [1.165, 1.54) is 0 Å². The lowest BCUT2D eigenvalue weighted by molar-refractivity contribution is 0.0954. The molecular weight excluding hydrogens is 414 g/mol. The summed E-state index contributed by atoms with van der Waals surface area (Å²) in [6.07, 6.45) is 3.93. The summed E-state index contributed by atoms with van der Waals surface area (Å²) in [5, 5.41) is 4.17. The van der Waals surface area contributed by atoms with Gasteiger partial charge < -0.3 is 16.0 Å². The molecule has 0 aliphatic rings. The van der Waals surface area contributed by atoms with Crippen LogP contribution in [-0.4, -0.2) is 27.4 Å². The summed E-state index contributed by atoms with van der Waals surface area (Å²) in [6, 6.07) is 15.1. The predicted molar refractivity (Wildman–Crippen MR) is 122 cm³/mol. The number of nitrogens with two attached hydrogens (primary N) is 1. The molecule has 0 saturated carbocycles. The summed E-state index contributed by atoms with van der Waals surface area (Å²) in [7, 11) is 0. The van der Waals surface area contributed by atoms with Crippen molar-refractivity contribution in [3.05, 3.63) is 92.4 Å². The van der Waals surface area contributed by atoms with Gasteiger partial charge in [0.05, 0.1) is 5.39 Å². The van der Waals surface area contributed by atoms with Crippen LogP contribution in [0.5, 0.6) is 0 Å². The summed E-state index contributed by atoms with van der Waals surface area (Å²) in [5.74, 6) is -0.0136. The SMILES string of the molecule is Nc1nc2[nH]cc(CCc3ccc(C(=O)NCCc4ccc(Cl)cc4)cc3)c2c(=O)[nH]1. The van der Waals surface area contributed by atoms with Gasteiger partial charge in [0.25, 0.3) is 11.5 Å². The standard InChI is InChI=1S/C23H22ClN5O2/c24-18-9-4-15(5-10-18)11-12-26-21(30)16-6-1-14(2-7-16)3-8-17-13-27-20-19(17)22(31)29-23(25)28-20/h1-2,4-7,9-10,13H,3,8,11-12H2,(H,26,30)(H4,25,27,28,29,31). The van der Waals surface area contributed by atoms with Gasteiger partial charge in [-0.2, -0.15) is 4.98 Å². The molecule has 31 heavy (non-hydrogen) atoms. The van der Waals surface area contributed by atoms with Crippen molar-refractivity contribution in [3.63, 3.8) is 0 Å². The average Bonchev–Trinajstić information content (AvgIpc) is 3.17. The second kappa shape index (κ2) is 9.06. The minimum absolute atomic E-state index is 0.0907. The zero-order valence-corrected chi connectivity index (χ0v) is 17.5. The van der Waals surface area contributed by atoms with Crippen LogP contribution in [0.1, 0.15) is 27.0 Å². The van der Waals surface area contributed by atoms with Gasteiger partial charge in [0, 0.05) is 23.3 Å². The number of halogens is 1. The third kappa shape index (κ3) is 4.95. The molecule has 2 aromatic carbocycles. The number of amides is 1. The number of carbonyl (C=O) groups excluding carboxylic acids is 1. The largest absolute Gasteiger partial charge is 0.369 e. The van der Waals surface area contributed by atoms with Crippen LogP contribution in [0, 0.1) is 0 Å². The van der Waals surface area contributed by atoms with Crippen molar-refractivity contribution in [2.75, 3.05) is 12.3 Å². The van der Waals surface area contributed by atoms with Crippen molar-refractivity contribution < 1.29 is 4.79 Å². The van der Waals surface area contributed by atoms with E-state index >= 15 is 0 Å². The monoisotopic (exact) mass is 435 g/mol. The molecule has 0 unspecified atom stereocenters. The number of fused-ring (bicyclic) bond motifs is 1. The molecule has 0 atom stereocenters. The minimum atomic E-state index is -0.246. The number of nitrogens with one attached hydrogen (secondary N) is 3. The molecule has 2 aromatic heterocycles. The van der Waals surface area contributed by atoms with Crippen molar-refractivity contribution in [2.24, 2.45) is 0 Å². The number of hydrogen-bond acceptors (Lipinski definition) is 4. The molecule has 0 radical (unpaired) electrons. The van der Waals surface area contributed by atoms with Gasteiger partial charge in [0.15, 0.2) is 0 Å². The molecule has 1 amide bonds. The van der Waals surface area contributed by atoms with Crippen molar-refractivity contribution >= 4 is 34.5 Å². The molecular formula is C23H22ClN5O2. The minimum Gasteiger partial charge on any atom is -0.369 e. The van der Waals surface area contributed by atoms with Crippen LogP contribution in [0.15, 0.2) is 59.5 Å². The van der Waals surface area contributed by atoms with Gasteiger partial charge in [-0.05, 0) is 60.2 Å². The third-order valence-corrected chi connectivity index (χ3v) is 5.41. The lowest BCUT2D eigenvalue weighted by atomic mass is 10.0. The summed E-state index contributed by atoms with van der Waals surface area (Å²) in [6.45, 7) is 0.551. The molecule has 7 nitrogen and oxygen atoms in total. The molecule has 4 aromatic rings. The zero-order valence-electron chi connectivity index (χ0n) is 16.7. The Morgan fingerprint density at radius 2 is 1.68 bits per heavy atom. The first-order valence-electron chi connectivity index (χ1n) is 9.97. The number of nitrogens with zero attached hydrogens (tertiary/aromatic N) is 1. The van der Waals surface area contributed by atoms with Gasteiger partial charge >= 0.3 is 0 Å². The molecule has 0 spiro atoms. The lowest BCUT2D eigenvalue weighted by Crippen LogP contribution is -2.25. The first-order chi connectivity index (χ1) is 15.0. The van der Waals surface area contributed by atoms with Crippen LogP contribution in [-0.2, 0) is 19.3 Å². The van der Waals surface area contributed by atoms with E-state index in [9.17, 15) is 9.59 Å². The molecule has 0 bridgehead atoms. The highest BCUT2D eigenvalue weighted by molar-refractivity contribution is 6.30. The molecule has 0 aliphatic carbocycles. The molecule has 158 valence electrons. The van der Waals surface area contributed by atoms with Gasteiger partial charge in [-0.1, -0.05) is 35.9 Å². The number of carbonyl (C=O) groups is 1. The van der Waals surface area contributed by atoms with Crippen LogP contribution in [0.2, 0.25) is 5.02 Å². The number of aromatic amines is 2. The first-order valence-corrected chi connectivity index (χ1v) is 10.3. The Balaban J connectivity index is 1.32. The Labute approximate surface area is 183 Å². The van der Waals surface area contributed by atoms with E-state index in [0.29, 0.717) is 34.6 Å². The highest BCUT2D eigenvalue weighted by atomic mass is 35.5. The number of nitrogen functional groups attached to an aromatic ring is 1. The van der Waals surface area contributed by atoms with E-state index in [4.69, 9.17) is 17.3 Å². The number of H-pyrrole nitrogens is 2. The highest BCUT2D eigenvalue weighted by Gasteiger charge is 2.11. The van der Waals surface area contributed by atoms with Crippen molar-refractivity contribution in [1.82, 2.24) is 20.3 Å². The van der Waals surface area contributed by atoms with E-state index < -0.39 is 0 Å². The normalized spacial score (nSPS) is 11.0. The van der Waals surface area contributed by atoms with Crippen molar-refractivity contribution in [2.45, 2.75) is 19.3 Å². The third-order valence-electron chi connectivity index (χ3n) is 5.15. The maximum atomic E-state index is 12.4. The molecule has 2 heterocycles. The van der Waals surface area contributed by atoms with E-state index in [2.05, 4.69) is 20.3 Å². The number of aromatic nitrogens is 3. The van der Waals surface area contributed by atoms with Gasteiger partial charge in [-0.15, -0.1) is 0 Å². The molecule has 0 aliphatic heterocycles. The van der Waals surface area contributed by atoms with Gasteiger partial charge in [-0.3, -0.25) is 14.6 Å². The average molecular weight is 436 g/mol. The topological polar surface area (TPSA) is 117 Å². The Kier molecular flexibility index (Phi) is 6.04. The Hall–Kier alpha value is -3.58. The fourth-order valence-corrected chi connectivity index (χ4v) is 3.62. The van der Waals surface area contributed by atoms with Crippen molar-refractivity contribution in [1.29, 1.82) is 0 Å². The quantitative estimate of drug-likeness (QED) is 0.356. The highest BCUT2D eigenvalue weighted by Crippen LogP contribution is 2.16. The van der Waals surface area contributed by atoms with Gasteiger partial charge in [0.1, 0.15) is 5.65 Å². The van der Waals surface area contributed by atoms with Crippen molar-refractivity contribution in [3.8, 4) is 0 Å². The number of aryl methyl sites for hydroxylation is 2. The maximum Gasteiger partial charge on any atom is 0.262 e.